The quantitative estimate of drug-likeness (QED) is 0.921. The lowest BCUT2D eigenvalue weighted by atomic mass is 10.0. The van der Waals surface area contributed by atoms with Crippen LogP contribution in [-0.2, 0) is 9.53 Å². The number of hydrogen-bond donors (Lipinski definition) is 1. The van der Waals surface area contributed by atoms with E-state index in [9.17, 15) is 4.79 Å². The number of morpholine rings is 1. The molecule has 1 aromatic carbocycles. The van der Waals surface area contributed by atoms with Crippen LogP contribution < -0.4 is 10.2 Å². The van der Waals surface area contributed by atoms with Crippen LogP contribution in [0.3, 0.4) is 0 Å². The molecule has 5 nitrogen and oxygen atoms in total. The minimum atomic E-state index is -0.0930. The van der Waals surface area contributed by atoms with Gasteiger partial charge in [0.25, 0.3) is 0 Å². The summed E-state index contributed by atoms with van der Waals surface area (Å²) in [6, 6.07) is 6.33. The van der Waals surface area contributed by atoms with Crippen molar-refractivity contribution in [1.82, 2.24) is 4.90 Å². The number of carbonyl (C=O) groups excluding carboxylic acids is 1. The van der Waals surface area contributed by atoms with E-state index in [0.29, 0.717) is 19.8 Å². The summed E-state index contributed by atoms with van der Waals surface area (Å²) in [5.74, 6) is 0.0435. The van der Waals surface area contributed by atoms with Crippen LogP contribution in [0.15, 0.2) is 18.2 Å². The van der Waals surface area contributed by atoms with Crippen LogP contribution in [0.1, 0.15) is 32.3 Å². The highest BCUT2D eigenvalue weighted by Gasteiger charge is 2.31. The van der Waals surface area contributed by atoms with Crippen molar-refractivity contribution in [2.75, 3.05) is 49.6 Å². The van der Waals surface area contributed by atoms with Gasteiger partial charge in [-0.1, -0.05) is 0 Å². The van der Waals surface area contributed by atoms with Gasteiger partial charge in [0, 0.05) is 36.5 Å². The molecule has 2 fully saturated rings. The number of aryl methyl sites for hydroxylation is 1. The van der Waals surface area contributed by atoms with Gasteiger partial charge in [-0.05, 0) is 57.4 Å². The van der Waals surface area contributed by atoms with Crippen LogP contribution in [-0.4, -0.2) is 55.7 Å². The van der Waals surface area contributed by atoms with E-state index >= 15 is 0 Å². The van der Waals surface area contributed by atoms with Gasteiger partial charge >= 0.3 is 0 Å². The molecule has 1 N–H and O–H groups in total. The maximum atomic E-state index is 12.5. The predicted molar refractivity (Wildman–Crippen MR) is 97.7 cm³/mol. The minimum absolute atomic E-state index is 0.0435. The van der Waals surface area contributed by atoms with Gasteiger partial charge in [-0.15, -0.1) is 0 Å². The van der Waals surface area contributed by atoms with Gasteiger partial charge in [0.05, 0.1) is 19.8 Å². The van der Waals surface area contributed by atoms with Gasteiger partial charge in [0.15, 0.2) is 0 Å². The second-order valence-electron chi connectivity index (χ2n) is 7.53. The Hall–Kier alpha value is -1.59. The zero-order chi connectivity index (χ0) is 17.2. The normalized spacial score (nSPS) is 21.0. The Labute approximate surface area is 145 Å². The number of amides is 1. The number of ether oxygens (including phenoxy) is 1. The number of carbonyl (C=O) groups is 1. The predicted octanol–water partition coefficient (Wildman–Crippen LogP) is 2.64. The van der Waals surface area contributed by atoms with E-state index < -0.39 is 0 Å². The molecule has 0 radical (unpaired) electrons. The third-order valence-electron chi connectivity index (χ3n) is 5.11. The first-order valence-electron chi connectivity index (χ1n) is 8.94. The molecule has 132 valence electrons. The summed E-state index contributed by atoms with van der Waals surface area (Å²) < 4.78 is 5.52. The minimum Gasteiger partial charge on any atom is -0.378 e. The van der Waals surface area contributed by atoms with E-state index in [1.54, 1.807) is 0 Å². The van der Waals surface area contributed by atoms with E-state index in [1.165, 1.54) is 18.5 Å². The number of benzene rings is 1. The average Bonchev–Trinajstić information content (AvgIpc) is 3.06. The highest BCUT2D eigenvalue weighted by atomic mass is 16.5. The van der Waals surface area contributed by atoms with Crippen molar-refractivity contribution < 1.29 is 9.53 Å². The Morgan fingerprint density at radius 1 is 1.25 bits per heavy atom. The number of anilines is 2. The Morgan fingerprint density at radius 2 is 2.00 bits per heavy atom. The van der Waals surface area contributed by atoms with E-state index in [0.717, 1.165) is 30.9 Å². The van der Waals surface area contributed by atoms with Gasteiger partial charge in [-0.25, -0.2) is 0 Å². The molecule has 1 aromatic rings. The lowest BCUT2D eigenvalue weighted by Gasteiger charge is -2.41. The Kier molecular flexibility index (Phi) is 5.11. The molecule has 5 heteroatoms. The van der Waals surface area contributed by atoms with Crippen molar-refractivity contribution in [3.05, 3.63) is 23.8 Å². The van der Waals surface area contributed by atoms with Crippen LogP contribution in [0.2, 0.25) is 0 Å². The molecule has 2 aliphatic heterocycles. The highest BCUT2D eigenvalue weighted by molar-refractivity contribution is 5.93. The maximum absolute atomic E-state index is 12.5. The lowest BCUT2D eigenvalue weighted by Crippen LogP contribution is -2.55. The lowest BCUT2D eigenvalue weighted by molar-refractivity contribution is -0.122. The summed E-state index contributed by atoms with van der Waals surface area (Å²) in [6.45, 7) is 11.1. The summed E-state index contributed by atoms with van der Waals surface area (Å²) >= 11 is 0. The molecule has 0 atom stereocenters. The fourth-order valence-electron chi connectivity index (χ4n) is 3.51. The number of rotatable bonds is 4. The number of hydrogen-bond acceptors (Lipinski definition) is 4. The molecule has 0 aromatic heterocycles. The topological polar surface area (TPSA) is 44.8 Å². The van der Waals surface area contributed by atoms with Crippen LogP contribution in [0.25, 0.3) is 0 Å². The number of nitrogens with zero attached hydrogens (tertiary/aromatic N) is 2. The molecule has 3 rings (SSSR count). The molecule has 2 saturated heterocycles. The summed E-state index contributed by atoms with van der Waals surface area (Å²) in [5.41, 5.74) is 3.20. The molecule has 0 saturated carbocycles. The standard InChI is InChI=1S/C19H29N3O2/c1-15-12-16(21-8-4-5-9-21)6-7-17(15)20-18(23)13-22-10-11-24-14-19(22,2)3/h6-7,12H,4-5,8-11,13-14H2,1-3H3,(H,20,23). The van der Waals surface area contributed by atoms with E-state index in [4.69, 9.17) is 4.74 Å². The maximum Gasteiger partial charge on any atom is 0.238 e. The van der Waals surface area contributed by atoms with E-state index in [1.807, 2.05) is 6.07 Å². The Balaban J connectivity index is 1.61. The monoisotopic (exact) mass is 331 g/mol. The summed E-state index contributed by atoms with van der Waals surface area (Å²) in [7, 11) is 0. The summed E-state index contributed by atoms with van der Waals surface area (Å²) in [5, 5.41) is 3.07. The fraction of sp³-hybridized carbons (Fsp3) is 0.632. The van der Waals surface area contributed by atoms with Crippen molar-refractivity contribution in [2.24, 2.45) is 0 Å². The van der Waals surface area contributed by atoms with Gasteiger partial charge in [-0.2, -0.15) is 0 Å². The smallest absolute Gasteiger partial charge is 0.238 e. The van der Waals surface area contributed by atoms with Gasteiger partial charge in [-0.3, -0.25) is 9.69 Å². The summed E-state index contributed by atoms with van der Waals surface area (Å²) in [6.07, 6.45) is 2.54. The summed E-state index contributed by atoms with van der Waals surface area (Å²) in [4.78, 5) is 17.1. The van der Waals surface area contributed by atoms with Crippen molar-refractivity contribution in [2.45, 2.75) is 39.2 Å². The van der Waals surface area contributed by atoms with Crippen LogP contribution >= 0.6 is 0 Å². The molecular formula is C19H29N3O2. The fourth-order valence-corrected chi connectivity index (χ4v) is 3.51. The van der Waals surface area contributed by atoms with Crippen LogP contribution in [0, 0.1) is 6.92 Å². The first-order valence-corrected chi connectivity index (χ1v) is 8.94. The molecule has 0 aliphatic carbocycles. The van der Waals surface area contributed by atoms with Crippen molar-refractivity contribution in [1.29, 1.82) is 0 Å². The molecule has 24 heavy (non-hydrogen) atoms. The van der Waals surface area contributed by atoms with Gasteiger partial charge < -0.3 is 15.0 Å². The second-order valence-corrected chi connectivity index (χ2v) is 7.53. The molecule has 2 aliphatic rings. The molecule has 0 unspecified atom stereocenters. The first-order chi connectivity index (χ1) is 11.5. The molecule has 2 heterocycles. The third-order valence-corrected chi connectivity index (χ3v) is 5.11. The average molecular weight is 331 g/mol. The SMILES string of the molecule is Cc1cc(N2CCCC2)ccc1NC(=O)CN1CCOCC1(C)C. The van der Waals surface area contributed by atoms with Crippen molar-refractivity contribution in [3.63, 3.8) is 0 Å². The van der Waals surface area contributed by atoms with Crippen molar-refractivity contribution >= 4 is 17.3 Å². The zero-order valence-electron chi connectivity index (χ0n) is 15.1. The molecule has 1 amide bonds. The van der Waals surface area contributed by atoms with Gasteiger partial charge in [0.2, 0.25) is 5.91 Å². The molecule has 0 spiro atoms. The van der Waals surface area contributed by atoms with E-state index in [2.05, 4.69) is 48.0 Å². The molecule has 0 bridgehead atoms. The zero-order valence-corrected chi connectivity index (χ0v) is 15.1. The highest BCUT2D eigenvalue weighted by Crippen LogP contribution is 2.26. The Morgan fingerprint density at radius 3 is 2.67 bits per heavy atom. The number of nitrogens with one attached hydrogen (secondary N) is 1. The second kappa shape index (κ2) is 7.11. The van der Waals surface area contributed by atoms with Crippen molar-refractivity contribution in [3.8, 4) is 0 Å². The van der Waals surface area contributed by atoms with E-state index in [-0.39, 0.29) is 11.4 Å². The van der Waals surface area contributed by atoms with Gasteiger partial charge in [0.1, 0.15) is 0 Å². The third kappa shape index (κ3) is 3.90. The van der Waals surface area contributed by atoms with Crippen LogP contribution in [0.4, 0.5) is 11.4 Å². The largest absolute Gasteiger partial charge is 0.378 e. The Bertz CT molecular complexity index is 594. The van der Waals surface area contributed by atoms with Crippen LogP contribution in [0.5, 0.6) is 0 Å². The first kappa shape index (κ1) is 17.2. The molecular weight excluding hydrogens is 302 g/mol.